The van der Waals surface area contributed by atoms with Gasteiger partial charge >= 0.3 is 0 Å². The van der Waals surface area contributed by atoms with Crippen LogP contribution in [0.4, 0.5) is 0 Å². The van der Waals surface area contributed by atoms with Crippen molar-refractivity contribution in [3.63, 3.8) is 0 Å². The average molecular weight is 975 g/mol. The van der Waals surface area contributed by atoms with Crippen molar-refractivity contribution >= 4 is 60.6 Å². The lowest BCUT2D eigenvalue weighted by atomic mass is 9.73. The van der Waals surface area contributed by atoms with Crippen molar-refractivity contribution < 1.29 is 0 Å². The maximum absolute atomic E-state index is 5.00. The van der Waals surface area contributed by atoms with Gasteiger partial charge in [-0.3, -0.25) is 9.97 Å². The normalized spacial score (nSPS) is 14.3. The second-order valence-electron chi connectivity index (χ2n) is 20.0. The van der Waals surface area contributed by atoms with E-state index in [0.717, 1.165) is 45.7 Å². The van der Waals surface area contributed by atoms with Gasteiger partial charge in [0.2, 0.25) is 0 Å². The van der Waals surface area contributed by atoms with E-state index in [0.29, 0.717) is 17.5 Å². The number of allylic oxidation sites excluding steroid dienone is 1. The molecular formula is C68H46N8. The van der Waals surface area contributed by atoms with Crippen LogP contribution in [-0.4, -0.2) is 38.6 Å². The Morgan fingerprint density at radius 2 is 0.829 bits per heavy atom. The van der Waals surface area contributed by atoms with Gasteiger partial charge in [0.25, 0.3) is 0 Å². The van der Waals surface area contributed by atoms with E-state index < -0.39 is 0 Å². The summed E-state index contributed by atoms with van der Waals surface area (Å²) in [7, 11) is 0. The van der Waals surface area contributed by atoms with E-state index in [1.54, 1.807) is 24.8 Å². The number of hydrogen-bond donors (Lipinski definition) is 0. The molecule has 0 N–H and O–H groups in total. The van der Waals surface area contributed by atoms with Crippen molar-refractivity contribution in [1.82, 2.24) is 38.6 Å². The molecule has 0 aliphatic heterocycles. The summed E-state index contributed by atoms with van der Waals surface area (Å²) < 4.78 is 7.20. The molecule has 1 atom stereocenters. The third kappa shape index (κ3) is 7.02. The van der Waals surface area contributed by atoms with E-state index >= 15 is 0 Å². The molecule has 358 valence electrons. The number of pyridine rings is 2. The van der Waals surface area contributed by atoms with E-state index in [9.17, 15) is 0 Å². The van der Waals surface area contributed by atoms with Gasteiger partial charge in [0, 0.05) is 96.6 Å². The fourth-order valence-corrected chi connectivity index (χ4v) is 11.8. The number of aromatic nitrogens is 8. The molecule has 0 saturated heterocycles. The lowest BCUT2D eigenvalue weighted by molar-refractivity contribution is 0.589. The first-order chi connectivity index (χ1) is 37.5. The van der Waals surface area contributed by atoms with Gasteiger partial charge in [0.15, 0.2) is 17.5 Å². The lowest BCUT2D eigenvalue weighted by Crippen LogP contribution is -2.25. The van der Waals surface area contributed by atoms with Crippen molar-refractivity contribution in [2.24, 2.45) is 0 Å². The van der Waals surface area contributed by atoms with Crippen LogP contribution in [0.15, 0.2) is 243 Å². The molecule has 0 saturated carbocycles. The Kier molecular flexibility index (Phi) is 9.90. The molecule has 0 amide bonds. The van der Waals surface area contributed by atoms with Gasteiger partial charge in [0.05, 0.1) is 27.6 Å². The zero-order valence-electron chi connectivity index (χ0n) is 41.5. The summed E-state index contributed by atoms with van der Waals surface area (Å²) in [5, 5.41) is 6.21. The first-order valence-electron chi connectivity index (χ1n) is 25.8. The Morgan fingerprint density at radius 3 is 1.39 bits per heavy atom. The molecule has 76 heavy (non-hydrogen) atoms. The molecule has 1 aliphatic rings. The Bertz CT molecular complexity index is 4540. The molecule has 1 unspecified atom stereocenters. The highest BCUT2D eigenvalue weighted by Gasteiger charge is 2.33. The molecule has 8 nitrogen and oxygen atoms in total. The largest absolute Gasteiger partial charge is 0.310 e. The maximum Gasteiger partial charge on any atom is 0.165 e. The zero-order chi connectivity index (χ0) is 50.3. The third-order valence-electron chi connectivity index (χ3n) is 15.5. The fourth-order valence-electron chi connectivity index (χ4n) is 11.8. The van der Waals surface area contributed by atoms with Crippen molar-refractivity contribution in [3.8, 4) is 62.4 Å². The van der Waals surface area contributed by atoms with Crippen LogP contribution in [0.5, 0.6) is 0 Å². The van der Waals surface area contributed by atoms with E-state index in [4.69, 9.17) is 15.0 Å². The third-order valence-corrected chi connectivity index (χ3v) is 15.5. The fraction of sp³-hybridized carbons (Fsp3) is 0.0441. The van der Waals surface area contributed by atoms with Crippen LogP contribution in [0, 0.1) is 0 Å². The first kappa shape index (κ1) is 43.5. The molecule has 6 heterocycles. The molecule has 0 spiro atoms. The number of nitrogens with zero attached hydrogens (tertiary/aromatic N) is 8. The molecule has 0 fully saturated rings. The molecule has 0 bridgehead atoms. The Morgan fingerprint density at radius 1 is 0.368 bits per heavy atom. The molecule has 0 radical (unpaired) electrons. The van der Waals surface area contributed by atoms with Crippen LogP contribution in [0.3, 0.4) is 0 Å². The summed E-state index contributed by atoms with van der Waals surface area (Å²) in [4.78, 5) is 23.6. The van der Waals surface area contributed by atoms with Gasteiger partial charge in [-0.1, -0.05) is 104 Å². The van der Waals surface area contributed by atoms with Gasteiger partial charge < -0.3 is 13.7 Å². The Hall–Kier alpha value is -10.1. The zero-order valence-corrected chi connectivity index (χ0v) is 41.5. The molecular weight excluding hydrogens is 929 g/mol. The SMILES string of the molecule is CC1(c2ccc3c(c2)c2ccccc2n3-c2ccccc2)C=Cc2c(c3cc(-c4ccc5c(c4)c4ccccc4n5-c4ccccc4)ccc3n2-c2ccc(-c3nc(-c4cccnc4)nc(-c4cccnc4)n3)cc2)C1. The highest BCUT2D eigenvalue weighted by molar-refractivity contribution is 6.11. The molecule has 8 aromatic carbocycles. The van der Waals surface area contributed by atoms with Crippen LogP contribution in [0.25, 0.3) is 123 Å². The van der Waals surface area contributed by atoms with Gasteiger partial charge in [-0.2, -0.15) is 0 Å². The van der Waals surface area contributed by atoms with Crippen molar-refractivity contribution in [1.29, 1.82) is 0 Å². The van der Waals surface area contributed by atoms with Crippen molar-refractivity contribution in [3.05, 3.63) is 260 Å². The van der Waals surface area contributed by atoms with Crippen LogP contribution in [-0.2, 0) is 11.8 Å². The highest BCUT2D eigenvalue weighted by Crippen LogP contribution is 2.45. The van der Waals surface area contributed by atoms with Crippen LogP contribution < -0.4 is 0 Å². The van der Waals surface area contributed by atoms with Gasteiger partial charge in [0.1, 0.15) is 0 Å². The topological polar surface area (TPSA) is 79.2 Å². The predicted octanol–water partition coefficient (Wildman–Crippen LogP) is 16.0. The lowest BCUT2D eigenvalue weighted by Gasteiger charge is -2.31. The molecule has 14 aromatic rings. The number of hydrogen-bond acceptors (Lipinski definition) is 5. The van der Waals surface area contributed by atoms with Crippen LogP contribution in [0.1, 0.15) is 23.7 Å². The minimum absolute atomic E-state index is 0.301. The summed E-state index contributed by atoms with van der Waals surface area (Å²) in [6.45, 7) is 2.40. The standard InChI is InChI=1S/C68H46N8/c1-68(49-28-33-63-57(40-49)54-21-9-11-23-60(54)75(63)51-18-6-3-7-19-51)35-34-64-58(41-68)56-39-46(45-26-31-61-55(38-45)53-20-8-10-22-59(53)74(61)50-16-4-2-5-17-50)27-32-62(56)76(64)52-29-24-44(25-30-52)65-71-66(47-14-12-36-69-42-47)73-67(72-65)48-15-13-37-70-43-48/h2-40,42-43H,41H2,1H3. The Labute approximate surface area is 438 Å². The highest BCUT2D eigenvalue weighted by atomic mass is 15.0. The minimum Gasteiger partial charge on any atom is -0.310 e. The summed E-state index contributed by atoms with van der Waals surface area (Å²) in [5.74, 6) is 1.68. The number of para-hydroxylation sites is 4. The van der Waals surface area contributed by atoms with Crippen LogP contribution >= 0.6 is 0 Å². The second-order valence-corrected chi connectivity index (χ2v) is 20.0. The summed E-state index contributed by atoms with van der Waals surface area (Å²) in [5.41, 5.74) is 17.6. The first-order valence-corrected chi connectivity index (χ1v) is 25.8. The van der Waals surface area contributed by atoms with Gasteiger partial charge in [-0.15, -0.1) is 0 Å². The van der Waals surface area contributed by atoms with Gasteiger partial charge in [-0.05, 0) is 156 Å². The smallest absolute Gasteiger partial charge is 0.165 e. The Balaban J connectivity index is 0.880. The summed E-state index contributed by atoms with van der Waals surface area (Å²) in [6, 6.07) is 76.4. The van der Waals surface area contributed by atoms with Gasteiger partial charge in [-0.25, -0.2) is 15.0 Å². The number of fused-ring (bicyclic) bond motifs is 9. The molecule has 6 aromatic heterocycles. The quantitative estimate of drug-likeness (QED) is 0.152. The average Bonchev–Trinajstić information content (AvgIpc) is 4.22. The number of rotatable bonds is 8. The van der Waals surface area contributed by atoms with E-state index in [1.165, 1.54) is 76.9 Å². The maximum atomic E-state index is 5.00. The van der Waals surface area contributed by atoms with Crippen molar-refractivity contribution in [2.45, 2.75) is 18.8 Å². The van der Waals surface area contributed by atoms with E-state index in [2.05, 4.69) is 231 Å². The molecule has 8 heteroatoms. The molecule has 15 rings (SSSR count). The van der Waals surface area contributed by atoms with Crippen LogP contribution in [0.2, 0.25) is 0 Å². The predicted molar refractivity (Wildman–Crippen MR) is 309 cm³/mol. The monoisotopic (exact) mass is 974 g/mol. The van der Waals surface area contributed by atoms with E-state index in [-0.39, 0.29) is 5.41 Å². The summed E-state index contributed by atoms with van der Waals surface area (Å²) >= 11 is 0. The summed E-state index contributed by atoms with van der Waals surface area (Å²) in [6.07, 6.45) is 12.7. The van der Waals surface area contributed by atoms with Crippen molar-refractivity contribution in [2.75, 3.05) is 0 Å². The van der Waals surface area contributed by atoms with E-state index in [1.807, 2.05) is 24.3 Å². The minimum atomic E-state index is -0.301. The second kappa shape index (κ2) is 17.3. The molecule has 1 aliphatic carbocycles. The number of benzene rings is 8.